The van der Waals surface area contributed by atoms with E-state index in [2.05, 4.69) is 65.6 Å². The van der Waals surface area contributed by atoms with E-state index in [0.29, 0.717) is 0 Å². The number of phenolic OH excluding ortho intramolecular Hbond substituents is 2. The van der Waals surface area contributed by atoms with E-state index in [1.54, 1.807) is 24.3 Å². The second kappa shape index (κ2) is 9.55. The lowest BCUT2D eigenvalue weighted by Gasteiger charge is -2.26. The summed E-state index contributed by atoms with van der Waals surface area (Å²) in [5.41, 5.74) is 7.78. The molecule has 0 aliphatic heterocycles. The smallest absolute Gasteiger partial charge is 0.115 e. The van der Waals surface area contributed by atoms with Gasteiger partial charge >= 0.3 is 0 Å². The molecule has 0 spiro atoms. The summed E-state index contributed by atoms with van der Waals surface area (Å²) in [4.78, 5) is 2.24. The molecule has 0 atom stereocenters. The van der Waals surface area contributed by atoms with E-state index < -0.39 is 0 Å². The Labute approximate surface area is 199 Å². The lowest BCUT2D eigenvalue weighted by molar-refractivity contribution is 0.474. The lowest BCUT2D eigenvalue weighted by atomic mass is 10.0. The molecule has 166 valence electrons. The number of aromatic hydroxyl groups is 2. The monoisotopic (exact) mass is 443 g/mol. The molecule has 0 fully saturated rings. The van der Waals surface area contributed by atoms with Crippen molar-refractivity contribution in [2.24, 2.45) is 0 Å². The van der Waals surface area contributed by atoms with E-state index in [0.717, 1.165) is 40.2 Å². The molecule has 0 unspecified atom stereocenters. The zero-order valence-electron chi connectivity index (χ0n) is 18.7. The van der Waals surface area contributed by atoms with Crippen LogP contribution in [0, 0.1) is 0 Å². The zero-order chi connectivity index (χ0) is 23.3. The van der Waals surface area contributed by atoms with E-state index in [9.17, 15) is 10.2 Å². The van der Waals surface area contributed by atoms with Gasteiger partial charge in [-0.15, -0.1) is 0 Å². The predicted molar refractivity (Wildman–Crippen MR) is 139 cm³/mol. The van der Waals surface area contributed by atoms with Crippen molar-refractivity contribution in [1.29, 1.82) is 0 Å². The number of hydrogen-bond acceptors (Lipinski definition) is 3. The van der Waals surface area contributed by atoms with Gasteiger partial charge in [0.25, 0.3) is 0 Å². The number of nitrogens with zero attached hydrogens (tertiary/aromatic N) is 1. The van der Waals surface area contributed by atoms with Crippen LogP contribution in [0.4, 0.5) is 17.1 Å². The molecule has 0 bridgehead atoms. The normalized spacial score (nSPS) is 10.7. The van der Waals surface area contributed by atoms with E-state index in [-0.39, 0.29) is 11.5 Å². The molecule has 3 nitrogen and oxygen atoms in total. The van der Waals surface area contributed by atoms with Crippen LogP contribution in [0.3, 0.4) is 0 Å². The fraction of sp³-hybridized carbons (Fsp3) is 0.0323. The first-order chi connectivity index (χ1) is 16.7. The van der Waals surface area contributed by atoms with Crippen LogP contribution in [0.5, 0.6) is 11.5 Å². The van der Waals surface area contributed by atoms with Crippen LogP contribution in [0.25, 0.3) is 11.1 Å². The van der Waals surface area contributed by atoms with Gasteiger partial charge in [0, 0.05) is 17.1 Å². The van der Waals surface area contributed by atoms with Gasteiger partial charge in [-0.2, -0.15) is 0 Å². The third-order valence-corrected chi connectivity index (χ3v) is 5.88. The first-order valence-corrected chi connectivity index (χ1v) is 11.3. The van der Waals surface area contributed by atoms with Crippen LogP contribution in [0.2, 0.25) is 0 Å². The van der Waals surface area contributed by atoms with E-state index in [1.165, 1.54) is 5.56 Å². The lowest BCUT2D eigenvalue weighted by Crippen LogP contribution is -2.09. The van der Waals surface area contributed by atoms with Crippen molar-refractivity contribution in [2.75, 3.05) is 4.90 Å². The van der Waals surface area contributed by atoms with E-state index in [1.807, 2.05) is 42.5 Å². The fourth-order valence-corrected chi connectivity index (χ4v) is 4.09. The first-order valence-electron chi connectivity index (χ1n) is 11.3. The van der Waals surface area contributed by atoms with E-state index >= 15 is 0 Å². The SMILES string of the molecule is Oc1ccc(Cc2ccc(N(c3ccccc3)c3ccc(-c4ccc(O)cc4)cc3)cc2)cc1. The van der Waals surface area contributed by atoms with Crippen LogP contribution in [-0.4, -0.2) is 10.2 Å². The Balaban J connectivity index is 1.44. The maximum absolute atomic E-state index is 9.57. The number of phenols is 2. The Bertz CT molecular complexity index is 1340. The zero-order valence-corrected chi connectivity index (χ0v) is 18.7. The molecule has 0 heterocycles. The highest BCUT2D eigenvalue weighted by atomic mass is 16.3. The van der Waals surface area contributed by atoms with Gasteiger partial charge in [-0.05, 0) is 89.3 Å². The minimum absolute atomic E-state index is 0.268. The number of rotatable bonds is 6. The molecule has 34 heavy (non-hydrogen) atoms. The Morgan fingerprint density at radius 1 is 0.412 bits per heavy atom. The molecule has 5 rings (SSSR count). The Morgan fingerprint density at radius 3 is 1.32 bits per heavy atom. The predicted octanol–water partition coefficient (Wildman–Crippen LogP) is 7.83. The number of para-hydroxylation sites is 1. The summed E-state index contributed by atoms with van der Waals surface area (Å²) in [6.45, 7) is 0. The van der Waals surface area contributed by atoms with Crippen molar-refractivity contribution in [3.8, 4) is 22.6 Å². The Kier molecular flexibility index (Phi) is 6.00. The number of benzene rings is 5. The van der Waals surface area contributed by atoms with Crippen LogP contribution in [-0.2, 0) is 6.42 Å². The van der Waals surface area contributed by atoms with Crippen molar-refractivity contribution in [2.45, 2.75) is 6.42 Å². The summed E-state index contributed by atoms with van der Waals surface area (Å²) in [7, 11) is 0. The van der Waals surface area contributed by atoms with Crippen molar-refractivity contribution in [3.63, 3.8) is 0 Å². The number of hydrogen-bond donors (Lipinski definition) is 2. The van der Waals surface area contributed by atoms with Crippen molar-refractivity contribution in [1.82, 2.24) is 0 Å². The second-order valence-corrected chi connectivity index (χ2v) is 8.27. The molecular formula is C31H25NO2. The van der Waals surface area contributed by atoms with Crippen molar-refractivity contribution in [3.05, 3.63) is 139 Å². The quantitative estimate of drug-likeness (QED) is 0.281. The van der Waals surface area contributed by atoms with Crippen LogP contribution >= 0.6 is 0 Å². The second-order valence-electron chi connectivity index (χ2n) is 8.27. The van der Waals surface area contributed by atoms with Gasteiger partial charge in [0.2, 0.25) is 0 Å². The van der Waals surface area contributed by atoms with Gasteiger partial charge in [0.05, 0.1) is 0 Å². The van der Waals surface area contributed by atoms with Crippen LogP contribution < -0.4 is 4.90 Å². The highest BCUT2D eigenvalue weighted by Gasteiger charge is 2.12. The molecule has 0 aromatic heterocycles. The minimum atomic E-state index is 0.268. The Hall–Kier alpha value is -4.50. The standard InChI is InChI=1S/C31H25NO2/c33-30-18-8-24(9-19-30)22-23-6-14-28(15-7-23)32(27-4-2-1-3-5-27)29-16-10-25(11-17-29)26-12-20-31(34)21-13-26/h1-21,33-34H,22H2. The third kappa shape index (κ3) is 4.79. The summed E-state index contributed by atoms with van der Waals surface area (Å²) in [5.74, 6) is 0.554. The fourth-order valence-electron chi connectivity index (χ4n) is 4.09. The molecular weight excluding hydrogens is 418 g/mol. The molecule has 5 aromatic carbocycles. The highest BCUT2D eigenvalue weighted by molar-refractivity contribution is 5.78. The minimum Gasteiger partial charge on any atom is -0.508 e. The molecule has 0 amide bonds. The number of anilines is 3. The Morgan fingerprint density at radius 2 is 0.794 bits per heavy atom. The molecule has 0 radical (unpaired) electrons. The molecule has 5 aromatic rings. The summed E-state index contributed by atoms with van der Waals surface area (Å²) < 4.78 is 0. The molecule has 0 aliphatic rings. The topological polar surface area (TPSA) is 43.7 Å². The summed E-state index contributed by atoms with van der Waals surface area (Å²) >= 11 is 0. The summed E-state index contributed by atoms with van der Waals surface area (Å²) in [6, 6.07) is 42.0. The maximum atomic E-state index is 9.57. The van der Waals surface area contributed by atoms with Crippen LogP contribution in [0.15, 0.2) is 127 Å². The molecule has 0 saturated heterocycles. The van der Waals surface area contributed by atoms with Gasteiger partial charge < -0.3 is 15.1 Å². The van der Waals surface area contributed by atoms with Gasteiger partial charge in [0.15, 0.2) is 0 Å². The average Bonchev–Trinajstić information content (AvgIpc) is 2.88. The molecule has 0 saturated carbocycles. The van der Waals surface area contributed by atoms with Gasteiger partial charge in [0.1, 0.15) is 11.5 Å². The molecule has 3 heteroatoms. The highest BCUT2D eigenvalue weighted by Crippen LogP contribution is 2.35. The van der Waals surface area contributed by atoms with Crippen molar-refractivity contribution < 1.29 is 10.2 Å². The van der Waals surface area contributed by atoms with Gasteiger partial charge in [-0.1, -0.05) is 66.7 Å². The largest absolute Gasteiger partial charge is 0.508 e. The van der Waals surface area contributed by atoms with Gasteiger partial charge in [-0.25, -0.2) is 0 Å². The van der Waals surface area contributed by atoms with Crippen molar-refractivity contribution >= 4 is 17.1 Å². The average molecular weight is 444 g/mol. The molecule has 2 N–H and O–H groups in total. The maximum Gasteiger partial charge on any atom is 0.115 e. The summed E-state index contributed by atoms with van der Waals surface area (Å²) in [6.07, 6.45) is 0.813. The summed E-state index contributed by atoms with van der Waals surface area (Å²) in [5, 5.41) is 19.1. The molecule has 0 aliphatic carbocycles. The van der Waals surface area contributed by atoms with E-state index in [4.69, 9.17) is 0 Å². The first kappa shape index (κ1) is 21.4. The van der Waals surface area contributed by atoms with Gasteiger partial charge in [-0.3, -0.25) is 0 Å². The third-order valence-electron chi connectivity index (χ3n) is 5.88. The van der Waals surface area contributed by atoms with Crippen LogP contribution in [0.1, 0.15) is 11.1 Å².